The quantitative estimate of drug-likeness (QED) is 0.0653. The van der Waals surface area contributed by atoms with Crippen molar-refractivity contribution in [2.24, 2.45) is 0 Å². The van der Waals surface area contributed by atoms with E-state index in [1.807, 2.05) is 13.0 Å². The molecule has 0 aromatic rings. The maximum Gasteiger partial charge on any atom is 0.186 e. The summed E-state index contributed by atoms with van der Waals surface area (Å²) in [6, 6.07) is 0. The number of hydrogen-bond donors (Lipinski definition) is 5. The highest BCUT2D eigenvalue weighted by Gasteiger charge is 2.44. The molecule has 0 aromatic heterocycles. The van der Waals surface area contributed by atoms with Gasteiger partial charge in [0.1, 0.15) is 36.6 Å². The summed E-state index contributed by atoms with van der Waals surface area (Å²) in [7, 11) is 0. The minimum Gasteiger partial charge on any atom is -0.388 e. The molecule has 8 atom stereocenters. The smallest absolute Gasteiger partial charge is 0.186 e. The van der Waals surface area contributed by atoms with Crippen LogP contribution >= 0.6 is 0 Å². The molecule has 2 aliphatic heterocycles. The molecule has 0 spiro atoms. The van der Waals surface area contributed by atoms with Gasteiger partial charge in [0, 0.05) is 0 Å². The van der Waals surface area contributed by atoms with Crippen LogP contribution < -0.4 is 0 Å². The Kier molecular flexibility index (Phi) is 23.7. The molecule has 2 heterocycles. The Morgan fingerprint density at radius 2 is 0.833 bits per heavy atom. The summed E-state index contributed by atoms with van der Waals surface area (Å²) in [6.45, 7) is 17.5. The van der Waals surface area contributed by atoms with Crippen LogP contribution in [0.1, 0.15) is 132 Å². The number of rotatable bonds is 23. The summed E-state index contributed by atoms with van der Waals surface area (Å²) in [6.07, 6.45) is 18.9. The van der Waals surface area contributed by atoms with Crippen LogP contribution in [0, 0.1) is 0 Å². The van der Waals surface area contributed by atoms with Gasteiger partial charge in [-0.1, -0.05) is 81.5 Å². The van der Waals surface area contributed by atoms with Crippen molar-refractivity contribution in [3.05, 3.63) is 81.5 Å². The predicted octanol–water partition coefficient (Wildman–Crippen LogP) is 8.23. The molecule has 2 rings (SSSR count). The van der Waals surface area contributed by atoms with E-state index >= 15 is 0 Å². The Morgan fingerprint density at radius 3 is 1.26 bits per heavy atom. The average molecular weight is 759 g/mol. The summed E-state index contributed by atoms with van der Waals surface area (Å²) in [5.74, 6) is 0. The van der Waals surface area contributed by atoms with E-state index in [0.717, 1.165) is 82.6 Å². The first-order chi connectivity index (χ1) is 25.7. The highest BCUT2D eigenvalue weighted by molar-refractivity contribution is 5.09. The second kappa shape index (κ2) is 26.6. The fourth-order valence-corrected chi connectivity index (χ4v) is 6.32. The fourth-order valence-electron chi connectivity index (χ4n) is 6.32. The van der Waals surface area contributed by atoms with E-state index in [9.17, 15) is 25.5 Å². The number of ether oxygens (including phenoxy) is 4. The van der Waals surface area contributed by atoms with Crippen LogP contribution in [0.2, 0.25) is 0 Å². The van der Waals surface area contributed by atoms with E-state index in [2.05, 4.69) is 84.9 Å². The van der Waals surface area contributed by atoms with E-state index in [1.54, 1.807) is 0 Å². The normalized spacial score (nSPS) is 28.1. The Bertz CT molecular complexity index is 1300. The van der Waals surface area contributed by atoms with Gasteiger partial charge in [-0.25, -0.2) is 0 Å². The van der Waals surface area contributed by atoms with Crippen molar-refractivity contribution in [2.75, 3.05) is 19.8 Å². The third-order valence-electron chi connectivity index (χ3n) is 10.1. The molecule has 0 aromatic carbocycles. The van der Waals surface area contributed by atoms with Crippen molar-refractivity contribution < 1.29 is 44.5 Å². The molecule has 4 unspecified atom stereocenters. The fraction of sp³-hybridized carbons (Fsp3) is 0.689. The third-order valence-corrected chi connectivity index (χ3v) is 10.1. The third kappa shape index (κ3) is 19.6. The van der Waals surface area contributed by atoms with E-state index in [4.69, 9.17) is 18.9 Å². The molecule has 2 aliphatic rings. The van der Waals surface area contributed by atoms with Crippen molar-refractivity contribution in [1.82, 2.24) is 0 Å². The molecule has 0 saturated carbocycles. The van der Waals surface area contributed by atoms with Crippen LogP contribution in [0.15, 0.2) is 81.5 Å². The van der Waals surface area contributed by atoms with Gasteiger partial charge in [-0.05, 0) is 132 Å². The Labute approximate surface area is 326 Å². The molecule has 54 heavy (non-hydrogen) atoms. The molecule has 9 heteroatoms. The second-order valence-electron chi connectivity index (χ2n) is 15.8. The molecule has 2 saturated heterocycles. The van der Waals surface area contributed by atoms with Crippen molar-refractivity contribution in [3.63, 3.8) is 0 Å². The summed E-state index contributed by atoms with van der Waals surface area (Å²) < 4.78 is 22.0. The first-order valence-electron chi connectivity index (χ1n) is 20.2. The first kappa shape index (κ1) is 48.0. The Hall–Kier alpha value is -2.18. The van der Waals surface area contributed by atoms with Gasteiger partial charge in [-0.2, -0.15) is 0 Å². The van der Waals surface area contributed by atoms with Crippen LogP contribution in [0.3, 0.4) is 0 Å². The summed E-state index contributed by atoms with van der Waals surface area (Å²) in [4.78, 5) is 0. The van der Waals surface area contributed by atoms with Gasteiger partial charge in [0.25, 0.3) is 0 Å². The summed E-state index contributed by atoms with van der Waals surface area (Å²) in [5, 5.41) is 50.6. The molecule has 9 nitrogen and oxygen atoms in total. The largest absolute Gasteiger partial charge is 0.388 e. The zero-order valence-electron chi connectivity index (χ0n) is 34.6. The van der Waals surface area contributed by atoms with Gasteiger partial charge in [-0.3, -0.25) is 0 Å². The standard InChI is InChI=1S/C45H74O9/c1-31(2)15-9-16-32(3)17-10-18-33(4)19-11-20-34(5)21-12-22-35(6)23-13-24-36(7)25-14-26-37(8)27-28-51-44-43(50)41(48)39(30-53-44)54-45-42(49)40(47)38(46)29-52-45/h15,17,19,21,23,25,27,38-50H,9-14,16,18,20,22,24,26,28-30H2,1-8H3/b32-17+,33-19+,34-21+,35-23+,36-25+,37-27+/t38-,39-,40?,41?,42?,43?,44-,45+/m1/s1. The lowest BCUT2D eigenvalue weighted by molar-refractivity contribution is -0.327. The van der Waals surface area contributed by atoms with Crippen molar-refractivity contribution in [2.45, 2.75) is 182 Å². The van der Waals surface area contributed by atoms with E-state index in [1.165, 1.54) is 33.4 Å². The highest BCUT2D eigenvalue weighted by Crippen LogP contribution is 2.25. The zero-order chi connectivity index (χ0) is 40.0. The minimum atomic E-state index is -1.50. The second-order valence-corrected chi connectivity index (χ2v) is 15.8. The topological polar surface area (TPSA) is 138 Å². The number of hydrogen-bond acceptors (Lipinski definition) is 9. The van der Waals surface area contributed by atoms with Crippen LogP contribution in [-0.4, -0.2) is 94.6 Å². The molecule has 0 bridgehead atoms. The van der Waals surface area contributed by atoms with Gasteiger partial charge in [0.2, 0.25) is 0 Å². The zero-order valence-corrected chi connectivity index (χ0v) is 34.6. The maximum atomic E-state index is 10.5. The summed E-state index contributed by atoms with van der Waals surface area (Å²) >= 11 is 0. The molecular weight excluding hydrogens is 684 g/mol. The minimum absolute atomic E-state index is 0.110. The molecular formula is C45H74O9. The van der Waals surface area contributed by atoms with Crippen LogP contribution in [0.5, 0.6) is 0 Å². The SMILES string of the molecule is CC(C)=CCC/C(C)=C/CC/C(C)=C/CC/C(C)=C/CC/C(C)=C/CC/C(C)=C/CC/C(C)=C/CO[C@@H]1OC[C@@H](O[C@@H]2OC[C@@H](O)C(O)C2O)C(O)C1O. The molecule has 0 amide bonds. The lowest BCUT2D eigenvalue weighted by Gasteiger charge is -2.41. The van der Waals surface area contributed by atoms with Gasteiger partial charge >= 0.3 is 0 Å². The molecule has 2 fully saturated rings. The predicted molar refractivity (Wildman–Crippen MR) is 218 cm³/mol. The van der Waals surface area contributed by atoms with Crippen molar-refractivity contribution in [3.8, 4) is 0 Å². The van der Waals surface area contributed by atoms with Gasteiger partial charge < -0.3 is 44.5 Å². The van der Waals surface area contributed by atoms with E-state index in [-0.39, 0.29) is 19.8 Å². The van der Waals surface area contributed by atoms with Crippen LogP contribution in [-0.2, 0) is 18.9 Å². The van der Waals surface area contributed by atoms with Gasteiger partial charge in [-0.15, -0.1) is 0 Å². The van der Waals surface area contributed by atoms with E-state index < -0.39 is 49.2 Å². The lowest BCUT2D eigenvalue weighted by Crippen LogP contribution is -2.59. The first-order valence-corrected chi connectivity index (χ1v) is 20.2. The number of aliphatic hydroxyl groups excluding tert-OH is 5. The van der Waals surface area contributed by atoms with Crippen molar-refractivity contribution in [1.29, 1.82) is 0 Å². The number of allylic oxidation sites excluding steroid dienone is 13. The Balaban J connectivity index is 1.59. The Morgan fingerprint density at radius 1 is 0.463 bits per heavy atom. The maximum absolute atomic E-state index is 10.5. The monoisotopic (exact) mass is 759 g/mol. The van der Waals surface area contributed by atoms with Crippen LogP contribution in [0.4, 0.5) is 0 Å². The molecule has 0 radical (unpaired) electrons. The highest BCUT2D eigenvalue weighted by atomic mass is 16.7. The van der Waals surface area contributed by atoms with Gasteiger partial charge in [0.05, 0.1) is 19.8 Å². The van der Waals surface area contributed by atoms with Crippen LogP contribution in [0.25, 0.3) is 0 Å². The van der Waals surface area contributed by atoms with E-state index in [0.29, 0.717) is 0 Å². The molecule has 0 aliphatic carbocycles. The average Bonchev–Trinajstić information content (AvgIpc) is 3.11. The molecule has 308 valence electrons. The van der Waals surface area contributed by atoms with Crippen molar-refractivity contribution >= 4 is 0 Å². The van der Waals surface area contributed by atoms with Gasteiger partial charge in [0.15, 0.2) is 12.6 Å². The lowest BCUT2D eigenvalue weighted by atomic mass is 10.0. The summed E-state index contributed by atoms with van der Waals surface area (Å²) in [5.41, 5.74) is 9.87. The molecule has 5 N–H and O–H groups in total. The number of aliphatic hydroxyl groups is 5.